The Morgan fingerprint density at radius 1 is 0.809 bits per heavy atom. The minimum absolute atomic E-state index is 0.0161. The van der Waals surface area contributed by atoms with E-state index in [9.17, 15) is 9.59 Å². The quantitative estimate of drug-likeness (QED) is 0.379. The van der Waals surface area contributed by atoms with E-state index < -0.39 is 0 Å². The number of amides is 3. The zero-order chi connectivity index (χ0) is 32.8. The number of morpholine rings is 1. The molecule has 4 heterocycles. The summed E-state index contributed by atoms with van der Waals surface area (Å²) in [6, 6.07) is 14.6. The van der Waals surface area contributed by atoms with Gasteiger partial charge in [-0.15, -0.1) is 0 Å². The number of likely N-dealkylation sites (N-methyl/N-ethyl adjacent to an activating group) is 2. The first-order valence-electron chi connectivity index (χ1n) is 16.7. The molecule has 0 bridgehead atoms. The molecule has 2 aromatic carbocycles. The second kappa shape index (κ2) is 15.1. The molecule has 6 rings (SSSR count). The molecule has 1 atom stereocenters. The lowest BCUT2D eigenvalue weighted by molar-refractivity contribution is 0.0783. The SMILES string of the molecule is CCN1CCCN(c2nc(-c3ccc(NC(=O)Nc4ccc(C(=O)N5CCC(N(C)C)C5)cc4)cc3)nc(N3CCOCC3)n2)CC1. The third-order valence-corrected chi connectivity index (χ3v) is 9.20. The van der Waals surface area contributed by atoms with Crippen LogP contribution in [0.15, 0.2) is 48.5 Å². The number of nitrogens with one attached hydrogen (secondary N) is 2. The highest BCUT2D eigenvalue weighted by Crippen LogP contribution is 2.25. The van der Waals surface area contributed by atoms with Crippen molar-refractivity contribution in [2.45, 2.75) is 25.8 Å². The Labute approximate surface area is 276 Å². The zero-order valence-corrected chi connectivity index (χ0v) is 27.7. The topological polar surface area (TPSA) is 122 Å². The van der Waals surface area contributed by atoms with Crippen LogP contribution in [0.3, 0.4) is 0 Å². The van der Waals surface area contributed by atoms with Gasteiger partial charge in [0.25, 0.3) is 5.91 Å². The first kappa shape index (κ1) is 32.6. The van der Waals surface area contributed by atoms with Crippen molar-refractivity contribution in [3.8, 4) is 11.4 Å². The number of nitrogens with zero attached hydrogens (tertiary/aromatic N) is 8. The summed E-state index contributed by atoms with van der Waals surface area (Å²) in [7, 11) is 4.09. The van der Waals surface area contributed by atoms with Gasteiger partial charge >= 0.3 is 6.03 Å². The smallest absolute Gasteiger partial charge is 0.323 e. The summed E-state index contributed by atoms with van der Waals surface area (Å²) in [4.78, 5) is 51.4. The lowest BCUT2D eigenvalue weighted by atomic mass is 10.2. The van der Waals surface area contributed by atoms with E-state index >= 15 is 0 Å². The average Bonchev–Trinajstić information content (AvgIpc) is 3.48. The third kappa shape index (κ3) is 8.16. The fraction of sp³-hybridized carbons (Fsp3) is 0.500. The van der Waals surface area contributed by atoms with Crippen LogP contribution in [0.2, 0.25) is 0 Å². The summed E-state index contributed by atoms with van der Waals surface area (Å²) in [5.41, 5.74) is 2.70. The molecule has 0 radical (unpaired) electrons. The summed E-state index contributed by atoms with van der Waals surface area (Å²) in [5, 5.41) is 5.75. The van der Waals surface area contributed by atoms with Gasteiger partial charge in [-0.25, -0.2) is 4.79 Å². The number of ether oxygens (including phenoxy) is 1. The van der Waals surface area contributed by atoms with Gasteiger partial charge in [-0.3, -0.25) is 4.79 Å². The van der Waals surface area contributed by atoms with Gasteiger partial charge < -0.3 is 39.9 Å². The number of urea groups is 1. The van der Waals surface area contributed by atoms with Crippen LogP contribution in [0.5, 0.6) is 0 Å². The predicted octanol–water partition coefficient (Wildman–Crippen LogP) is 3.33. The molecule has 13 nitrogen and oxygen atoms in total. The molecule has 47 heavy (non-hydrogen) atoms. The van der Waals surface area contributed by atoms with Crippen molar-refractivity contribution in [3.63, 3.8) is 0 Å². The monoisotopic (exact) mass is 642 g/mol. The van der Waals surface area contributed by atoms with Crippen molar-refractivity contribution in [3.05, 3.63) is 54.1 Å². The van der Waals surface area contributed by atoms with E-state index in [2.05, 4.69) is 37.2 Å². The molecule has 2 N–H and O–H groups in total. The first-order chi connectivity index (χ1) is 22.9. The molecule has 1 unspecified atom stereocenters. The van der Waals surface area contributed by atoms with Crippen LogP contribution < -0.4 is 20.4 Å². The number of hydrogen-bond acceptors (Lipinski definition) is 10. The molecule has 3 amide bonds. The number of likely N-dealkylation sites (tertiary alicyclic amines) is 1. The Kier molecular flexibility index (Phi) is 10.4. The van der Waals surface area contributed by atoms with Gasteiger partial charge in [0, 0.05) is 74.4 Å². The summed E-state index contributed by atoms with van der Waals surface area (Å²) >= 11 is 0. The Balaban J connectivity index is 1.10. The number of anilines is 4. The number of rotatable bonds is 8. The first-order valence-corrected chi connectivity index (χ1v) is 16.7. The van der Waals surface area contributed by atoms with Crippen LogP contribution >= 0.6 is 0 Å². The van der Waals surface area contributed by atoms with Crippen molar-refractivity contribution in [2.75, 3.05) is 107 Å². The predicted molar refractivity (Wildman–Crippen MR) is 184 cm³/mol. The molecular weight excluding hydrogens is 596 g/mol. The van der Waals surface area contributed by atoms with E-state index in [0.29, 0.717) is 53.9 Å². The normalized spacial score (nSPS) is 19.1. The van der Waals surface area contributed by atoms with Crippen LogP contribution in [-0.4, -0.2) is 134 Å². The Morgan fingerprint density at radius 2 is 1.45 bits per heavy atom. The van der Waals surface area contributed by atoms with Crippen LogP contribution in [0.1, 0.15) is 30.1 Å². The van der Waals surface area contributed by atoms with Crippen LogP contribution in [0.25, 0.3) is 11.4 Å². The largest absolute Gasteiger partial charge is 0.378 e. The fourth-order valence-electron chi connectivity index (χ4n) is 6.24. The molecule has 0 aliphatic carbocycles. The van der Waals surface area contributed by atoms with Crippen LogP contribution in [-0.2, 0) is 4.74 Å². The van der Waals surface area contributed by atoms with Gasteiger partial charge in [-0.2, -0.15) is 15.0 Å². The van der Waals surface area contributed by atoms with Gasteiger partial charge in [-0.05, 0) is 88.6 Å². The maximum atomic E-state index is 12.9. The lowest BCUT2D eigenvalue weighted by Crippen LogP contribution is -2.38. The summed E-state index contributed by atoms with van der Waals surface area (Å²) in [6.45, 7) is 11.3. The number of hydrogen-bond donors (Lipinski definition) is 2. The Bertz CT molecular complexity index is 1510. The highest BCUT2D eigenvalue weighted by molar-refractivity contribution is 6.00. The lowest BCUT2D eigenvalue weighted by Gasteiger charge is -2.28. The second-order valence-corrected chi connectivity index (χ2v) is 12.5. The molecule has 3 saturated heterocycles. The van der Waals surface area contributed by atoms with Gasteiger partial charge in [0.05, 0.1) is 13.2 Å². The number of benzene rings is 2. The molecule has 13 heteroatoms. The highest BCUT2D eigenvalue weighted by Gasteiger charge is 2.28. The number of aromatic nitrogens is 3. The molecule has 0 saturated carbocycles. The van der Waals surface area contributed by atoms with Gasteiger partial charge in [0.15, 0.2) is 5.82 Å². The van der Waals surface area contributed by atoms with Gasteiger partial charge in [0.1, 0.15) is 0 Å². The summed E-state index contributed by atoms with van der Waals surface area (Å²) < 4.78 is 5.56. The van der Waals surface area contributed by atoms with Crippen molar-refractivity contribution in [1.82, 2.24) is 29.7 Å². The molecule has 3 aliphatic rings. The molecule has 3 aliphatic heterocycles. The Morgan fingerprint density at radius 3 is 2.06 bits per heavy atom. The summed E-state index contributed by atoms with van der Waals surface area (Å²) in [6.07, 6.45) is 2.03. The van der Waals surface area contributed by atoms with Crippen LogP contribution in [0.4, 0.5) is 28.1 Å². The molecule has 3 fully saturated rings. The summed E-state index contributed by atoms with van der Waals surface area (Å²) in [5.74, 6) is 1.98. The second-order valence-electron chi connectivity index (χ2n) is 12.5. The van der Waals surface area contributed by atoms with E-state index in [0.717, 1.165) is 77.3 Å². The van der Waals surface area contributed by atoms with E-state index in [1.165, 1.54) is 0 Å². The number of carbonyl (C=O) groups excluding carboxylic acids is 2. The highest BCUT2D eigenvalue weighted by atomic mass is 16.5. The van der Waals surface area contributed by atoms with E-state index in [1.807, 2.05) is 43.3 Å². The molecule has 3 aromatic rings. The maximum Gasteiger partial charge on any atom is 0.323 e. The Hall–Kier alpha value is -4.33. The van der Waals surface area contributed by atoms with E-state index in [1.54, 1.807) is 24.3 Å². The van der Waals surface area contributed by atoms with Crippen LogP contribution in [0, 0.1) is 0 Å². The van der Waals surface area contributed by atoms with Crippen molar-refractivity contribution < 1.29 is 14.3 Å². The zero-order valence-electron chi connectivity index (χ0n) is 27.7. The number of carbonyl (C=O) groups is 2. The van der Waals surface area contributed by atoms with Crippen molar-refractivity contribution in [2.24, 2.45) is 0 Å². The molecule has 0 spiro atoms. The third-order valence-electron chi connectivity index (χ3n) is 9.20. The van der Waals surface area contributed by atoms with E-state index in [-0.39, 0.29) is 11.9 Å². The maximum absolute atomic E-state index is 12.9. The minimum atomic E-state index is -0.371. The molecule has 1 aromatic heterocycles. The van der Waals surface area contributed by atoms with Gasteiger partial charge in [-0.1, -0.05) is 6.92 Å². The minimum Gasteiger partial charge on any atom is -0.378 e. The molecule has 250 valence electrons. The van der Waals surface area contributed by atoms with Gasteiger partial charge in [0.2, 0.25) is 11.9 Å². The van der Waals surface area contributed by atoms with Crippen molar-refractivity contribution >= 4 is 35.2 Å². The van der Waals surface area contributed by atoms with E-state index in [4.69, 9.17) is 19.7 Å². The van der Waals surface area contributed by atoms with Crippen molar-refractivity contribution in [1.29, 1.82) is 0 Å². The fourth-order valence-corrected chi connectivity index (χ4v) is 6.24. The average molecular weight is 643 g/mol. The molecular formula is C34H46N10O3. The standard InChI is InChI=1S/C34H46N10O3/c1-4-41-15-5-16-42(19-18-41)32-37-30(38-33(39-32)43-20-22-47-23-21-43)25-6-10-27(11-7-25)35-34(46)36-28-12-8-26(9-13-28)31(45)44-17-14-29(24-44)40(2)3/h6-13,29H,4-5,14-24H2,1-3H3,(H2,35,36,46).